The molecule has 5 atom stereocenters. The van der Waals surface area contributed by atoms with E-state index in [0.717, 1.165) is 0 Å². The van der Waals surface area contributed by atoms with Gasteiger partial charge in [0, 0.05) is 0 Å². The highest BCUT2D eigenvalue weighted by atomic mass is 32.1. The molecule has 0 spiro atoms. The summed E-state index contributed by atoms with van der Waals surface area (Å²) in [5.74, 6) is 0. The van der Waals surface area contributed by atoms with E-state index in [1.807, 2.05) is 0 Å². The predicted molar refractivity (Wildman–Crippen MR) is 45.9 cm³/mol. The molecule has 1 rings (SSSR count). The Labute approximate surface area is 80.3 Å². The maximum absolute atomic E-state index is 9.44. The molecule has 0 aromatic carbocycles. The van der Waals surface area contributed by atoms with Gasteiger partial charge in [0.2, 0.25) is 0 Å². The summed E-state index contributed by atoms with van der Waals surface area (Å²) in [7, 11) is 0. The van der Waals surface area contributed by atoms with Gasteiger partial charge in [-0.25, -0.2) is 0 Å². The molecule has 1 aliphatic heterocycles. The maximum Gasteiger partial charge on any atom is 0.171 e. The number of hydrogen-bond acceptors (Lipinski definition) is 7. The van der Waals surface area contributed by atoms with E-state index in [0.29, 0.717) is 0 Å². The lowest BCUT2D eigenvalue weighted by Crippen LogP contribution is -2.70. The van der Waals surface area contributed by atoms with Gasteiger partial charge < -0.3 is 25.2 Å². The molecule has 6 N–H and O–H groups in total. The van der Waals surface area contributed by atoms with Crippen LogP contribution in [0.1, 0.15) is 0 Å². The van der Waals surface area contributed by atoms with Crippen LogP contribution in [0.25, 0.3) is 0 Å². The molecular formula is C6H13NO5S. The van der Waals surface area contributed by atoms with Crippen LogP contribution in [0.3, 0.4) is 0 Å². The Balaban J connectivity index is 2.82. The molecule has 78 valence electrons. The molecule has 0 unspecified atom stereocenters. The van der Waals surface area contributed by atoms with Crippen LogP contribution >= 0.6 is 12.6 Å². The number of aliphatic hydroxyl groups excluding tert-OH is 3. The molecule has 6 nitrogen and oxygen atoms in total. The summed E-state index contributed by atoms with van der Waals surface area (Å²) in [6.45, 7) is -0.562. The van der Waals surface area contributed by atoms with Crippen molar-refractivity contribution in [2.45, 2.75) is 29.5 Å². The van der Waals surface area contributed by atoms with Gasteiger partial charge in [0.05, 0.1) is 6.61 Å². The van der Waals surface area contributed by atoms with Crippen LogP contribution < -0.4 is 5.73 Å². The fourth-order valence-electron chi connectivity index (χ4n) is 1.17. The summed E-state index contributed by atoms with van der Waals surface area (Å²) in [5, 5.41) is 36.7. The third-order valence-electron chi connectivity index (χ3n) is 2.07. The van der Waals surface area contributed by atoms with Crippen LogP contribution in [-0.4, -0.2) is 56.5 Å². The van der Waals surface area contributed by atoms with Crippen LogP contribution in [0, 0.1) is 0 Å². The summed E-state index contributed by atoms with van der Waals surface area (Å²) >= 11 is 3.80. The van der Waals surface area contributed by atoms with E-state index in [9.17, 15) is 15.3 Å². The van der Waals surface area contributed by atoms with Crippen molar-refractivity contribution in [2.75, 3.05) is 6.61 Å². The largest absolute Gasteiger partial charge is 0.393 e. The quantitative estimate of drug-likeness (QED) is 0.203. The van der Waals surface area contributed by atoms with Gasteiger partial charge in [0.1, 0.15) is 23.7 Å². The van der Waals surface area contributed by atoms with Gasteiger partial charge in [-0.3, -0.25) is 5.73 Å². The lowest BCUT2D eigenvalue weighted by Gasteiger charge is -2.44. The van der Waals surface area contributed by atoms with Crippen molar-refractivity contribution in [1.82, 2.24) is 0 Å². The van der Waals surface area contributed by atoms with E-state index < -0.39 is 36.1 Å². The zero-order valence-electron chi connectivity index (χ0n) is 6.74. The number of ether oxygens (including phenoxy) is 1. The third kappa shape index (κ3) is 1.82. The highest BCUT2D eigenvalue weighted by Crippen LogP contribution is 2.27. The Bertz CT molecular complexity index is 186. The molecule has 0 aliphatic carbocycles. The fraction of sp³-hybridized carbons (Fsp3) is 1.00. The Morgan fingerprint density at radius 1 is 1.46 bits per heavy atom. The topological polar surface area (TPSA) is 116 Å². The lowest BCUT2D eigenvalue weighted by molar-refractivity contribution is -0.255. The van der Waals surface area contributed by atoms with Crippen molar-refractivity contribution in [3.8, 4) is 0 Å². The summed E-state index contributed by atoms with van der Waals surface area (Å²) in [4.78, 5) is 0. The van der Waals surface area contributed by atoms with E-state index >= 15 is 0 Å². The number of aliphatic hydroxyl groups is 4. The van der Waals surface area contributed by atoms with Crippen molar-refractivity contribution < 1.29 is 25.2 Å². The second-order valence-corrected chi connectivity index (χ2v) is 3.53. The fourth-order valence-corrected chi connectivity index (χ4v) is 1.48. The molecular weight excluding hydrogens is 198 g/mol. The average molecular weight is 211 g/mol. The van der Waals surface area contributed by atoms with Crippen molar-refractivity contribution >= 4 is 12.6 Å². The summed E-state index contributed by atoms with van der Waals surface area (Å²) < 4.78 is 4.86. The number of thiol groups is 1. The molecule has 1 aliphatic rings. The first-order valence-corrected chi connectivity index (χ1v) is 4.24. The molecule has 1 fully saturated rings. The van der Waals surface area contributed by atoms with Crippen molar-refractivity contribution in [2.24, 2.45) is 5.73 Å². The second-order valence-electron chi connectivity index (χ2n) is 3.02. The summed E-state index contributed by atoms with van der Waals surface area (Å²) in [6.07, 6.45) is -4.14. The molecule has 0 radical (unpaired) electrons. The molecule has 1 heterocycles. The molecule has 13 heavy (non-hydrogen) atoms. The smallest absolute Gasteiger partial charge is 0.171 e. The minimum atomic E-state index is -2.16. The average Bonchev–Trinajstić information content (AvgIpc) is 2.08. The molecule has 7 heteroatoms. The zero-order chi connectivity index (χ0) is 10.2. The number of rotatable bonds is 1. The van der Waals surface area contributed by atoms with Crippen LogP contribution in [0.2, 0.25) is 0 Å². The minimum Gasteiger partial charge on any atom is -0.393 e. The van der Waals surface area contributed by atoms with Crippen LogP contribution in [-0.2, 0) is 4.74 Å². The summed E-state index contributed by atoms with van der Waals surface area (Å²) in [5.41, 5.74) is 2.12. The predicted octanol–water partition coefficient (Wildman–Crippen LogP) is -3.00. The van der Waals surface area contributed by atoms with Gasteiger partial charge in [-0.2, -0.15) is 0 Å². The van der Waals surface area contributed by atoms with Crippen molar-refractivity contribution in [3.05, 3.63) is 0 Å². The Morgan fingerprint density at radius 3 is 2.46 bits per heavy atom. The lowest BCUT2D eigenvalue weighted by atomic mass is 9.94. The maximum atomic E-state index is 9.44. The van der Waals surface area contributed by atoms with Crippen molar-refractivity contribution in [3.63, 3.8) is 0 Å². The number of nitrogens with two attached hydrogens (primary N) is 1. The SMILES string of the molecule is N[C@@]1(O)[C@H](O)[C@@H](O)[C@H](S)O[C@@H]1CO. The first-order valence-electron chi connectivity index (χ1n) is 3.73. The standard InChI is InChI=1S/C6H13NO5S/c7-6(11)2(1-8)12-5(13)3(9)4(6)10/h2-5,8-11,13H,1,7H2/t2-,3-,4-,5+,6+/m1/s1. The Kier molecular flexibility index (Phi) is 3.18. The van der Waals surface area contributed by atoms with E-state index in [2.05, 4.69) is 12.6 Å². The van der Waals surface area contributed by atoms with E-state index in [1.54, 1.807) is 0 Å². The highest BCUT2D eigenvalue weighted by molar-refractivity contribution is 7.80. The third-order valence-corrected chi connectivity index (χ3v) is 2.50. The van der Waals surface area contributed by atoms with E-state index in [-0.39, 0.29) is 0 Å². The van der Waals surface area contributed by atoms with Gasteiger partial charge in [0.15, 0.2) is 5.72 Å². The summed E-state index contributed by atoms with van der Waals surface area (Å²) in [6, 6.07) is 0. The van der Waals surface area contributed by atoms with Gasteiger partial charge >= 0.3 is 0 Å². The molecule has 0 saturated carbocycles. The highest BCUT2D eigenvalue weighted by Gasteiger charge is 2.51. The van der Waals surface area contributed by atoms with E-state index in [4.69, 9.17) is 15.6 Å². The van der Waals surface area contributed by atoms with Crippen LogP contribution in [0.15, 0.2) is 0 Å². The van der Waals surface area contributed by atoms with Gasteiger partial charge in [-0.1, -0.05) is 0 Å². The van der Waals surface area contributed by atoms with E-state index in [1.165, 1.54) is 0 Å². The first-order chi connectivity index (χ1) is 5.91. The van der Waals surface area contributed by atoms with Crippen LogP contribution in [0.4, 0.5) is 0 Å². The van der Waals surface area contributed by atoms with Crippen LogP contribution in [0.5, 0.6) is 0 Å². The normalized spacial score (nSPS) is 52.2. The Hall–Kier alpha value is 0.110. The minimum absolute atomic E-state index is 0.562. The van der Waals surface area contributed by atoms with Gasteiger partial charge in [-0.15, -0.1) is 12.6 Å². The molecule has 0 aromatic rings. The zero-order valence-corrected chi connectivity index (χ0v) is 7.63. The van der Waals surface area contributed by atoms with Crippen molar-refractivity contribution in [1.29, 1.82) is 0 Å². The molecule has 0 bridgehead atoms. The molecule has 0 amide bonds. The second kappa shape index (κ2) is 3.70. The monoisotopic (exact) mass is 211 g/mol. The first kappa shape index (κ1) is 11.2. The van der Waals surface area contributed by atoms with Gasteiger partial charge in [0.25, 0.3) is 0 Å². The Morgan fingerprint density at radius 2 is 2.00 bits per heavy atom. The van der Waals surface area contributed by atoms with Gasteiger partial charge in [-0.05, 0) is 0 Å². The number of hydrogen-bond donors (Lipinski definition) is 6. The molecule has 0 aromatic heterocycles. The molecule has 1 saturated heterocycles.